The molecule has 0 unspecified atom stereocenters. The van der Waals surface area contributed by atoms with Crippen LogP contribution in [0.1, 0.15) is 34.9 Å². The Morgan fingerprint density at radius 3 is 2.63 bits per heavy atom. The number of ether oxygens (including phenoxy) is 1. The summed E-state index contributed by atoms with van der Waals surface area (Å²) < 4.78 is 12.1. The van der Waals surface area contributed by atoms with Crippen LogP contribution in [-0.4, -0.2) is 5.01 Å². The molecule has 2 atom stereocenters. The molecule has 0 amide bonds. The van der Waals surface area contributed by atoms with Crippen molar-refractivity contribution in [1.29, 1.82) is 0 Å². The zero-order valence-corrected chi connectivity index (χ0v) is 16.0. The molecular formula is C21H16Cl2N2O2. The molecule has 3 aromatic rings. The highest BCUT2D eigenvalue weighted by Crippen LogP contribution is 2.46. The zero-order chi connectivity index (χ0) is 18.5. The van der Waals surface area contributed by atoms with Crippen LogP contribution >= 0.6 is 23.2 Å². The SMILES string of the molecule is Cc1ccc(C2=C[C@@H]3c4cc(Cl)ccc4O[C@@H](c4cccc(Cl)c4)N3N2)o1. The summed E-state index contributed by atoms with van der Waals surface area (Å²) in [6.45, 7) is 1.93. The number of halogens is 2. The van der Waals surface area contributed by atoms with E-state index in [-0.39, 0.29) is 12.3 Å². The summed E-state index contributed by atoms with van der Waals surface area (Å²) >= 11 is 12.5. The van der Waals surface area contributed by atoms with Crippen LogP contribution in [0.15, 0.2) is 65.1 Å². The van der Waals surface area contributed by atoms with Crippen molar-refractivity contribution < 1.29 is 9.15 Å². The smallest absolute Gasteiger partial charge is 0.196 e. The summed E-state index contributed by atoms with van der Waals surface area (Å²) in [5.41, 5.74) is 6.31. The van der Waals surface area contributed by atoms with Gasteiger partial charge in [-0.1, -0.05) is 35.3 Å². The summed E-state index contributed by atoms with van der Waals surface area (Å²) in [6.07, 6.45) is 1.79. The lowest BCUT2D eigenvalue weighted by Gasteiger charge is -2.39. The first kappa shape index (κ1) is 16.8. The highest BCUT2D eigenvalue weighted by atomic mass is 35.5. The Kier molecular flexibility index (Phi) is 3.93. The van der Waals surface area contributed by atoms with Crippen molar-refractivity contribution in [1.82, 2.24) is 10.4 Å². The van der Waals surface area contributed by atoms with E-state index in [9.17, 15) is 0 Å². The van der Waals surface area contributed by atoms with E-state index < -0.39 is 0 Å². The third kappa shape index (κ3) is 2.90. The molecule has 2 aliphatic rings. The monoisotopic (exact) mass is 398 g/mol. The second-order valence-corrected chi connectivity index (χ2v) is 7.53. The van der Waals surface area contributed by atoms with Gasteiger partial charge in [0.05, 0.1) is 11.7 Å². The van der Waals surface area contributed by atoms with E-state index in [0.29, 0.717) is 10.0 Å². The van der Waals surface area contributed by atoms with Gasteiger partial charge >= 0.3 is 0 Å². The first-order valence-electron chi connectivity index (χ1n) is 8.64. The van der Waals surface area contributed by atoms with Gasteiger partial charge in [0.2, 0.25) is 0 Å². The minimum atomic E-state index is -0.341. The number of benzene rings is 2. The molecule has 5 rings (SSSR count). The maximum atomic E-state index is 6.31. The summed E-state index contributed by atoms with van der Waals surface area (Å²) in [5.74, 6) is 2.46. The van der Waals surface area contributed by atoms with Gasteiger partial charge in [0.25, 0.3) is 0 Å². The highest BCUT2D eigenvalue weighted by Gasteiger charge is 2.40. The summed E-state index contributed by atoms with van der Waals surface area (Å²) in [7, 11) is 0. The third-order valence-electron chi connectivity index (χ3n) is 4.80. The standard InChI is InChI=1S/C21H16Cl2N2O2/c1-12-5-7-20(26-12)17-11-18-16-10-15(23)6-8-19(16)27-21(25(18)24-17)13-3-2-4-14(22)9-13/h2-11,18,21,24H,1H3/t18-,21+/m1/s1. The van der Waals surface area contributed by atoms with Gasteiger partial charge in [0.1, 0.15) is 11.5 Å². The number of aryl methyl sites for hydroxylation is 1. The van der Waals surface area contributed by atoms with Crippen molar-refractivity contribution in [3.8, 4) is 5.75 Å². The molecule has 136 valence electrons. The molecule has 27 heavy (non-hydrogen) atoms. The second kappa shape index (κ2) is 6.34. The number of rotatable bonds is 2. The molecule has 0 saturated heterocycles. The predicted octanol–water partition coefficient (Wildman–Crippen LogP) is 5.89. The molecule has 1 aromatic heterocycles. The van der Waals surface area contributed by atoms with E-state index in [1.54, 1.807) is 0 Å². The predicted molar refractivity (Wildman–Crippen MR) is 105 cm³/mol. The number of hydrogen-bond acceptors (Lipinski definition) is 4. The molecule has 0 radical (unpaired) electrons. The van der Waals surface area contributed by atoms with E-state index in [4.69, 9.17) is 32.4 Å². The molecule has 2 aliphatic heterocycles. The Hall–Kier alpha value is -2.40. The fourth-order valence-corrected chi connectivity index (χ4v) is 3.95. The van der Waals surface area contributed by atoms with Crippen molar-refractivity contribution in [2.75, 3.05) is 0 Å². The van der Waals surface area contributed by atoms with Crippen LogP contribution in [0.2, 0.25) is 10.0 Å². The fourth-order valence-electron chi connectivity index (χ4n) is 3.57. The lowest BCUT2D eigenvalue weighted by Crippen LogP contribution is -2.43. The lowest BCUT2D eigenvalue weighted by molar-refractivity contribution is -0.0328. The van der Waals surface area contributed by atoms with Crippen LogP contribution in [0.25, 0.3) is 5.70 Å². The Morgan fingerprint density at radius 2 is 1.85 bits per heavy atom. The molecule has 0 saturated carbocycles. The number of nitrogens with zero attached hydrogens (tertiary/aromatic N) is 1. The second-order valence-electron chi connectivity index (χ2n) is 6.66. The van der Waals surface area contributed by atoms with Crippen molar-refractivity contribution in [3.05, 3.63) is 93.4 Å². The Balaban J connectivity index is 1.61. The topological polar surface area (TPSA) is 37.6 Å². The maximum Gasteiger partial charge on any atom is 0.196 e. The van der Waals surface area contributed by atoms with Gasteiger partial charge in [-0.05, 0) is 55.5 Å². The van der Waals surface area contributed by atoms with Crippen molar-refractivity contribution in [2.45, 2.75) is 19.2 Å². The average molecular weight is 399 g/mol. The van der Waals surface area contributed by atoms with Crippen molar-refractivity contribution in [2.24, 2.45) is 0 Å². The fraction of sp³-hybridized carbons (Fsp3) is 0.143. The summed E-state index contributed by atoms with van der Waals surface area (Å²) in [5, 5.41) is 3.40. The number of fused-ring (bicyclic) bond motifs is 3. The third-order valence-corrected chi connectivity index (χ3v) is 5.27. The minimum absolute atomic E-state index is 0.0446. The molecular weight excluding hydrogens is 383 g/mol. The van der Waals surface area contributed by atoms with E-state index in [2.05, 4.69) is 16.5 Å². The minimum Gasteiger partial charge on any atom is -0.469 e. The largest absolute Gasteiger partial charge is 0.469 e. The number of hydrogen-bond donors (Lipinski definition) is 1. The zero-order valence-electron chi connectivity index (χ0n) is 14.4. The normalized spacial score (nSPS) is 21.1. The molecule has 2 aromatic carbocycles. The van der Waals surface area contributed by atoms with Gasteiger partial charge in [-0.2, -0.15) is 5.01 Å². The summed E-state index contributed by atoms with van der Waals surface area (Å²) in [4.78, 5) is 0. The number of hydrazine groups is 1. The Bertz CT molecular complexity index is 1060. The van der Waals surface area contributed by atoms with Crippen molar-refractivity contribution in [3.63, 3.8) is 0 Å². The molecule has 3 heterocycles. The van der Waals surface area contributed by atoms with Gasteiger partial charge in [-0.3, -0.25) is 0 Å². The van der Waals surface area contributed by atoms with Gasteiger partial charge in [0, 0.05) is 21.2 Å². The maximum absolute atomic E-state index is 6.31. The molecule has 0 bridgehead atoms. The van der Waals surface area contributed by atoms with Crippen LogP contribution in [0.4, 0.5) is 0 Å². The van der Waals surface area contributed by atoms with Crippen LogP contribution < -0.4 is 10.2 Å². The van der Waals surface area contributed by atoms with E-state index in [1.807, 2.05) is 61.5 Å². The number of furan rings is 1. The first-order valence-corrected chi connectivity index (χ1v) is 9.39. The molecule has 6 heteroatoms. The van der Waals surface area contributed by atoms with Crippen molar-refractivity contribution >= 4 is 28.9 Å². The Labute approximate surface area is 166 Å². The van der Waals surface area contributed by atoms with E-state index in [0.717, 1.165) is 34.1 Å². The molecule has 0 fully saturated rings. The van der Waals surface area contributed by atoms with Crippen LogP contribution in [0.3, 0.4) is 0 Å². The molecule has 4 nitrogen and oxygen atoms in total. The molecule has 0 spiro atoms. The highest BCUT2D eigenvalue weighted by molar-refractivity contribution is 6.31. The van der Waals surface area contributed by atoms with E-state index in [1.165, 1.54) is 0 Å². The lowest BCUT2D eigenvalue weighted by atomic mass is 10.0. The first-order chi connectivity index (χ1) is 13.1. The average Bonchev–Trinajstić information content (AvgIpc) is 3.27. The van der Waals surface area contributed by atoms with Gasteiger partial charge < -0.3 is 14.6 Å². The Morgan fingerprint density at radius 1 is 1.00 bits per heavy atom. The molecule has 1 N–H and O–H groups in total. The van der Waals surface area contributed by atoms with Gasteiger partial charge in [-0.25, -0.2) is 0 Å². The summed E-state index contributed by atoms with van der Waals surface area (Å²) in [6, 6.07) is 17.3. The van der Waals surface area contributed by atoms with Crippen LogP contribution in [-0.2, 0) is 0 Å². The number of nitrogens with one attached hydrogen (secondary N) is 1. The van der Waals surface area contributed by atoms with Gasteiger partial charge in [-0.15, -0.1) is 0 Å². The van der Waals surface area contributed by atoms with E-state index >= 15 is 0 Å². The van der Waals surface area contributed by atoms with Crippen LogP contribution in [0.5, 0.6) is 5.75 Å². The molecule has 0 aliphatic carbocycles. The van der Waals surface area contributed by atoms with Crippen LogP contribution in [0, 0.1) is 6.92 Å². The quantitative estimate of drug-likeness (QED) is 0.583. The van der Waals surface area contributed by atoms with Gasteiger partial charge in [0.15, 0.2) is 12.0 Å².